The van der Waals surface area contributed by atoms with Gasteiger partial charge in [-0.2, -0.15) is 0 Å². The summed E-state index contributed by atoms with van der Waals surface area (Å²) in [5.74, 6) is 1.56. The molecule has 1 fully saturated rings. The van der Waals surface area contributed by atoms with Crippen molar-refractivity contribution in [2.45, 2.75) is 51.2 Å². The van der Waals surface area contributed by atoms with E-state index < -0.39 is 5.60 Å². The number of hydrogen-bond donors (Lipinski definition) is 3. The van der Waals surface area contributed by atoms with E-state index in [1.54, 1.807) is 6.26 Å². The number of hydrogen-bond acceptors (Lipinski definition) is 3. The number of rotatable bonds is 5. The van der Waals surface area contributed by atoms with Gasteiger partial charge in [-0.15, -0.1) is 0 Å². The fourth-order valence-corrected chi connectivity index (χ4v) is 2.54. The first kappa shape index (κ1) is 14.9. The smallest absolute Gasteiger partial charge is 0.191 e. The standard InChI is InChI=1S/C15H25N3O2/c1-2-16-14(17-11-13-7-6-10-20-13)18-12-15(19)8-4-3-5-9-15/h6-7,10,19H,2-5,8-9,11-12H2,1H3,(H2,16,17,18). The maximum Gasteiger partial charge on any atom is 0.191 e. The number of aliphatic imine (C=N–C) groups is 1. The number of nitrogens with one attached hydrogen (secondary N) is 2. The van der Waals surface area contributed by atoms with Crippen LogP contribution in [0.3, 0.4) is 0 Å². The van der Waals surface area contributed by atoms with Gasteiger partial charge in [-0.3, -0.25) is 0 Å². The molecule has 5 nitrogen and oxygen atoms in total. The number of guanidine groups is 1. The monoisotopic (exact) mass is 279 g/mol. The largest absolute Gasteiger partial charge is 0.467 e. The zero-order valence-electron chi connectivity index (χ0n) is 12.2. The van der Waals surface area contributed by atoms with Crippen molar-refractivity contribution in [2.24, 2.45) is 4.99 Å². The van der Waals surface area contributed by atoms with E-state index in [1.807, 2.05) is 19.1 Å². The van der Waals surface area contributed by atoms with Gasteiger partial charge in [-0.25, -0.2) is 4.99 Å². The number of furan rings is 1. The summed E-state index contributed by atoms with van der Waals surface area (Å²) in [4.78, 5) is 4.46. The van der Waals surface area contributed by atoms with E-state index in [0.29, 0.717) is 13.1 Å². The molecule has 1 saturated carbocycles. The topological polar surface area (TPSA) is 69.8 Å². The summed E-state index contributed by atoms with van der Waals surface area (Å²) in [5, 5.41) is 16.9. The molecule has 0 aliphatic heterocycles. The minimum absolute atomic E-state index is 0.501. The van der Waals surface area contributed by atoms with E-state index in [1.165, 1.54) is 6.42 Å². The molecule has 3 N–H and O–H groups in total. The highest BCUT2D eigenvalue weighted by atomic mass is 16.3. The van der Waals surface area contributed by atoms with Crippen LogP contribution in [0.4, 0.5) is 0 Å². The molecule has 1 heterocycles. The molecule has 0 unspecified atom stereocenters. The molecule has 2 rings (SSSR count). The summed E-state index contributed by atoms with van der Waals surface area (Å²) in [7, 11) is 0. The fraction of sp³-hybridized carbons (Fsp3) is 0.667. The van der Waals surface area contributed by atoms with Crippen LogP contribution in [-0.2, 0) is 6.54 Å². The molecule has 1 aromatic heterocycles. The van der Waals surface area contributed by atoms with Crippen LogP contribution < -0.4 is 10.6 Å². The van der Waals surface area contributed by atoms with Crippen LogP contribution in [0.15, 0.2) is 27.8 Å². The van der Waals surface area contributed by atoms with E-state index in [0.717, 1.165) is 43.9 Å². The van der Waals surface area contributed by atoms with Gasteiger partial charge in [0.15, 0.2) is 5.96 Å². The quantitative estimate of drug-likeness (QED) is 0.570. The predicted octanol–water partition coefficient (Wildman–Crippen LogP) is 2.03. The van der Waals surface area contributed by atoms with Crippen LogP contribution in [-0.4, -0.2) is 29.8 Å². The zero-order valence-corrected chi connectivity index (χ0v) is 12.2. The molecule has 0 spiro atoms. The minimum atomic E-state index is -0.584. The Morgan fingerprint density at radius 3 is 2.80 bits per heavy atom. The first-order chi connectivity index (χ1) is 9.72. The highest BCUT2D eigenvalue weighted by Gasteiger charge is 2.29. The summed E-state index contributed by atoms with van der Waals surface area (Å²) in [6.45, 7) is 3.87. The average molecular weight is 279 g/mol. The lowest BCUT2D eigenvalue weighted by Crippen LogP contribution is -2.48. The molecular weight excluding hydrogens is 254 g/mol. The van der Waals surface area contributed by atoms with Gasteiger partial charge in [0.1, 0.15) is 12.3 Å². The first-order valence-corrected chi connectivity index (χ1v) is 7.49. The average Bonchev–Trinajstić information content (AvgIpc) is 2.96. The van der Waals surface area contributed by atoms with Crippen LogP contribution in [0.5, 0.6) is 0 Å². The van der Waals surface area contributed by atoms with Gasteiger partial charge in [-0.05, 0) is 31.9 Å². The first-order valence-electron chi connectivity index (χ1n) is 7.49. The molecule has 0 amide bonds. The third-order valence-electron chi connectivity index (χ3n) is 3.69. The molecule has 0 bridgehead atoms. The lowest BCUT2D eigenvalue weighted by molar-refractivity contribution is 0.00859. The molecule has 20 heavy (non-hydrogen) atoms. The van der Waals surface area contributed by atoms with Gasteiger partial charge >= 0.3 is 0 Å². The normalized spacial score (nSPS) is 18.8. The van der Waals surface area contributed by atoms with E-state index in [-0.39, 0.29) is 0 Å². The van der Waals surface area contributed by atoms with Crippen molar-refractivity contribution in [1.82, 2.24) is 10.6 Å². The second kappa shape index (κ2) is 7.33. The van der Waals surface area contributed by atoms with Gasteiger partial charge in [0.2, 0.25) is 0 Å². The maximum absolute atomic E-state index is 10.5. The maximum atomic E-state index is 10.5. The number of nitrogens with zero attached hydrogens (tertiary/aromatic N) is 1. The molecule has 112 valence electrons. The number of aliphatic hydroxyl groups is 1. The van der Waals surface area contributed by atoms with Gasteiger partial charge in [0.25, 0.3) is 0 Å². The summed E-state index contributed by atoms with van der Waals surface area (Å²) in [5.41, 5.74) is -0.584. The van der Waals surface area contributed by atoms with Crippen LogP contribution in [0.25, 0.3) is 0 Å². The summed E-state index contributed by atoms with van der Waals surface area (Å²) in [6, 6.07) is 3.76. The van der Waals surface area contributed by atoms with E-state index in [2.05, 4.69) is 15.6 Å². The second-order valence-electron chi connectivity index (χ2n) is 5.41. The lowest BCUT2D eigenvalue weighted by Gasteiger charge is -2.32. The Labute approximate surface area is 120 Å². The van der Waals surface area contributed by atoms with Crippen molar-refractivity contribution in [3.05, 3.63) is 24.2 Å². The third-order valence-corrected chi connectivity index (χ3v) is 3.69. The van der Waals surface area contributed by atoms with Gasteiger partial charge < -0.3 is 20.2 Å². The SMILES string of the molecule is CCNC(=NCc1ccco1)NCC1(O)CCCCC1. The van der Waals surface area contributed by atoms with Crippen LogP contribution in [0, 0.1) is 0 Å². The van der Waals surface area contributed by atoms with Crippen molar-refractivity contribution < 1.29 is 9.52 Å². The summed E-state index contributed by atoms with van der Waals surface area (Å²) in [6.07, 6.45) is 6.84. The predicted molar refractivity (Wildman–Crippen MR) is 79.6 cm³/mol. The van der Waals surface area contributed by atoms with Crippen molar-refractivity contribution in [1.29, 1.82) is 0 Å². The van der Waals surface area contributed by atoms with Gasteiger partial charge in [0, 0.05) is 13.1 Å². The van der Waals surface area contributed by atoms with E-state index in [4.69, 9.17) is 4.42 Å². The molecule has 0 radical (unpaired) electrons. The Balaban J connectivity index is 1.86. The minimum Gasteiger partial charge on any atom is -0.467 e. The highest BCUT2D eigenvalue weighted by Crippen LogP contribution is 2.27. The molecule has 1 aromatic rings. The molecule has 0 saturated heterocycles. The van der Waals surface area contributed by atoms with Crippen molar-refractivity contribution >= 4 is 5.96 Å². The van der Waals surface area contributed by atoms with E-state index in [9.17, 15) is 5.11 Å². The Bertz CT molecular complexity index is 409. The Kier molecular flexibility index (Phi) is 5.47. The van der Waals surface area contributed by atoms with Crippen LogP contribution >= 0.6 is 0 Å². The second-order valence-corrected chi connectivity index (χ2v) is 5.41. The van der Waals surface area contributed by atoms with Crippen molar-refractivity contribution in [3.63, 3.8) is 0 Å². The zero-order chi connectivity index (χ0) is 14.3. The summed E-state index contributed by atoms with van der Waals surface area (Å²) >= 11 is 0. The molecule has 5 heteroatoms. The Morgan fingerprint density at radius 1 is 1.35 bits per heavy atom. The highest BCUT2D eigenvalue weighted by molar-refractivity contribution is 5.79. The molecule has 0 aromatic carbocycles. The Morgan fingerprint density at radius 2 is 2.15 bits per heavy atom. The van der Waals surface area contributed by atoms with Crippen molar-refractivity contribution in [2.75, 3.05) is 13.1 Å². The fourth-order valence-electron chi connectivity index (χ4n) is 2.54. The van der Waals surface area contributed by atoms with Crippen LogP contribution in [0.1, 0.15) is 44.8 Å². The Hall–Kier alpha value is -1.49. The van der Waals surface area contributed by atoms with E-state index >= 15 is 0 Å². The molecule has 0 atom stereocenters. The van der Waals surface area contributed by atoms with Gasteiger partial charge in [-0.1, -0.05) is 19.3 Å². The molecule has 1 aliphatic carbocycles. The van der Waals surface area contributed by atoms with Crippen LogP contribution in [0.2, 0.25) is 0 Å². The lowest BCUT2D eigenvalue weighted by atomic mass is 9.85. The van der Waals surface area contributed by atoms with Gasteiger partial charge in [0.05, 0.1) is 11.9 Å². The molecule has 1 aliphatic rings. The van der Waals surface area contributed by atoms with Crippen molar-refractivity contribution in [3.8, 4) is 0 Å². The molecular formula is C15H25N3O2. The summed E-state index contributed by atoms with van der Waals surface area (Å²) < 4.78 is 5.26. The third kappa shape index (κ3) is 4.56.